The van der Waals surface area contributed by atoms with Gasteiger partial charge in [0, 0.05) is 0 Å². The molecule has 1 aliphatic rings. The van der Waals surface area contributed by atoms with Crippen LogP contribution in [0, 0.1) is 13.8 Å². The van der Waals surface area contributed by atoms with Crippen molar-refractivity contribution in [2.45, 2.75) is 26.4 Å². The van der Waals surface area contributed by atoms with Crippen LogP contribution in [0.2, 0.25) is 0 Å². The summed E-state index contributed by atoms with van der Waals surface area (Å²) in [6.45, 7) is 7.12. The Morgan fingerprint density at radius 3 is 2.43 bits per heavy atom. The van der Waals surface area contributed by atoms with E-state index in [1.165, 1.54) is 16.7 Å². The van der Waals surface area contributed by atoms with Crippen LogP contribution in [0.4, 0.5) is 0 Å². The second-order valence-electron chi connectivity index (χ2n) is 4.16. The summed E-state index contributed by atoms with van der Waals surface area (Å²) in [5.74, 6) is 0.954. The van der Waals surface area contributed by atoms with Gasteiger partial charge < -0.3 is 9.47 Å². The summed E-state index contributed by atoms with van der Waals surface area (Å²) < 4.78 is 10.7. The molecule has 0 amide bonds. The van der Waals surface area contributed by atoms with Gasteiger partial charge >= 0.3 is 0 Å². The first kappa shape index (κ1) is 9.53. The second kappa shape index (κ2) is 2.99. The van der Waals surface area contributed by atoms with Crippen molar-refractivity contribution in [3.05, 3.63) is 28.8 Å². The van der Waals surface area contributed by atoms with Crippen LogP contribution in [0.15, 0.2) is 12.1 Å². The zero-order valence-electron chi connectivity index (χ0n) is 9.18. The van der Waals surface area contributed by atoms with Gasteiger partial charge in [-0.25, -0.2) is 0 Å². The lowest BCUT2D eigenvalue weighted by molar-refractivity contribution is 0.328. The molecule has 1 unspecified atom stereocenters. The normalized spacial score (nSPS) is 24.9. The molecular formula is C12H16O2. The lowest BCUT2D eigenvalue weighted by Crippen LogP contribution is -2.06. The number of aryl methyl sites for hydroxylation is 2. The average Bonchev–Trinajstić information content (AvgIpc) is 2.88. The van der Waals surface area contributed by atoms with Crippen molar-refractivity contribution in [1.29, 1.82) is 0 Å². The van der Waals surface area contributed by atoms with Gasteiger partial charge in [-0.05, 0) is 49.6 Å². The van der Waals surface area contributed by atoms with Gasteiger partial charge in [-0.2, -0.15) is 0 Å². The SMILES string of the molecule is COc1cc(C)c(C2(C)CO2)cc1C. The third-order valence-corrected chi connectivity index (χ3v) is 2.89. The van der Waals surface area contributed by atoms with E-state index in [4.69, 9.17) is 9.47 Å². The molecule has 14 heavy (non-hydrogen) atoms. The Labute approximate surface area is 84.8 Å². The highest BCUT2D eigenvalue weighted by Gasteiger charge is 2.42. The maximum Gasteiger partial charge on any atom is 0.122 e. The van der Waals surface area contributed by atoms with Gasteiger partial charge in [0.05, 0.1) is 13.7 Å². The number of rotatable bonds is 2. The summed E-state index contributed by atoms with van der Waals surface area (Å²) in [7, 11) is 1.71. The summed E-state index contributed by atoms with van der Waals surface area (Å²) >= 11 is 0. The molecule has 2 rings (SSSR count). The largest absolute Gasteiger partial charge is 0.496 e. The quantitative estimate of drug-likeness (QED) is 0.672. The Morgan fingerprint density at radius 1 is 1.29 bits per heavy atom. The fourth-order valence-electron chi connectivity index (χ4n) is 1.84. The van der Waals surface area contributed by atoms with Crippen molar-refractivity contribution in [2.24, 2.45) is 0 Å². The number of benzene rings is 1. The maximum absolute atomic E-state index is 5.45. The Morgan fingerprint density at radius 2 is 1.93 bits per heavy atom. The monoisotopic (exact) mass is 192 g/mol. The molecule has 1 heterocycles. The molecule has 1 aliphatic heterocycles. The lowest BCUT2D eigenvalue weighted by Gasteiger charge is -2.13. The molecule has 1 aromatic carbocycles. The molecule has 0 aliphatic carbocycles. The van der Waals surface area contributed by atoms with Gasteiger partial charge in [0.1, 0.15) is 11.4 Å². The average molecular weight is 192 g/mol. The predicted molar refractivity (Wildman–Crippen MR) is 55.8 cm³/mol. The van der Waals surface area contributed by atoms with E-state index < -0.39 is 0 Å². The Balaban J connectivity index is 2.48. The third kappa shape index (κ3) is 1.40. The molecule has 1 saturated heterocycles. The van der Waals surface area contributed by atoms with E-state index in [-0.39, 0.29) is 5.60 Å². The maximum atomic E-state index is 5.45. The minimum atomic E-state index is -0.0406. The Kier molecular flexibility index (Phi) is 2.04. The summed E-state index contributed by atoms with van der Waals surface area (Å²) in [5.41, 5.74) is 3.66. The third-order valence-electron chi connectivity index (χ3n) is 2.89. The molecule has 2 heteroatoms. The summed E-state index contributed by atoms with van der Waals surface area (Å²) in [6.07, 6.45) is 0. The van der Waals surface area contributed by atoms with E-state index >= 15 is 0 Å². The van der Waals surface area contributed by atoms with Crippen molar-refractivity contribution in [3.8, 4) is 5.75 Å². The molecule has 1 aromatic rings. The van der Waals surface area contributed by atoms with E-state index in [0.717, 1.165) is 12.4 Å². The molecule has 1 fully saturated rings. The first-order valence-corrected chi connectivity index (χ1v) is 4.86. The number of hydrogen-bond acceptors (Lipinski definition) is 2. The molecule has 0 N–H and O–H groups in total. The second-order valence-corrected chi connectivity index (χ2v) is 4.16. The highest BCUT2D eigenvalue weighted by molar-refractivity contribution is 5.45. The fraction of sp³-hybridized carbons (Fsp3) is 0.500. The smallest absolute Gasteiger partial charge is 0.122 e. The van der Waals surface area contributed by atoms with Crippen LogP contribution < -0.4 is 4.74 Å². The lowest BCUT2D eigenvalue weighted by atomic mass is 9.95. The zero-order valence-corrected chi connectivity index (χ0v) is 9.18. The minimum absolute atomic E-state index is 0.0406. The Hall–Kier alpha value is -1.02. The zero-order chi connectivity index (χ0) is 10.3. The van der Waals surface area contributed by atoms with E-state index in [2.05, 4.69) is 32.9 Å². The van der Waals surface area contributed by atoms with E-state index in [1.54, 1.807) is 7.11 Å². The minimum Gasteiger partial charge on any atom is -0.496 e. The number of epoxide rings is 1. The van der Waals surface area contributed by atoms with Crippen molar-refractivity contribution in [3.63, 3.8) is 0 Å². The first-order chi connectivity index (χ1) is 6.57. The van der Waals surface area contributed by atoms with Gasteiger partial charge in [-0.15, -0.1) is 0 Å². The van der Waals surface area contributed by atoms with Crippen LogP contribution in [0.1, 0.15) is 23.6 Å². The standard InChI is InChI=1S/C12H16O2/c1-8-6-11(13-4)9(2)5-10(8)12(3)7-14-12/h5-6H,7H2,1-4H3. The molecule has 0 radical (unpaired) electrons. The van der Waals surface area contributed by atoms with Crippen LogP contribution in [-0.2, 0) is 10.3 Å². The van der Waals surface area contributed by atoms with E-state index in [0.29, 0.717) is 0 Å². The molecule has 1 atom stereocenters. The van der Waals surface area contributed by atoms with Crippen LogP contribution in [0.3, 0.4) is 0 Å². The summed E-state index contributed by atoms with van der Waals surface area (Å²) in [4.78, 5) is 0. The van der Waals surface area contributed by atoms with E-state index in [9.17, 15) is 0 Å². The van der Waals surface area contributed by atoms with Gasteiger partial charge in [-0.3, -0.25) is 0 Å². The topological polar surface area (TPSA) is 21.8 Å². The molecule has 0 spiro atoms. The first-order valence-electron chi connectivity index (χ1n) is 4.86. The van der Waals surface area contributed by atoms with Crippen molar-refractivity contribution < 1.29 is 9.47 Å². The number of ether oxygens (including phenoxy) is 2. The number of methoxy groups -OCH3 is 1. The summed E-state index contributed by atoms with van der Waals surface area (Å²) in [5, 5.41) is 0. The molecular weight excluding hydrogens is 176 g/mol. The van der Waals surface area contributed by atoms with Crippen molar-refractivity contribution in [2.75, 3.05) is 13.7 Å². The Bertz CT molecular complexity index is 365. The van der Waals surface area contributed by atoms with Gasteiger partial charge in [0.25, 0.3) is 0 Å². The van der Waals surface area contributed by atoms with Crippen LogP contribution in [0.25, 0.3) is 0 Å². The van der Waals surface area contributed by atoms with Crippen LogP contribution in [0.5, 0.6) is 5.75 Å². The molecule has 0 aromatic heterocycles. The molecule has 76 valence electrons. The molecule has 0 bridgehead atoms. The summed E-state index contributed by atoms with van der Waals surface area (Å²) in [6, 6.07) is 4.25. The van der Waals surface area contributed by atoms with Crippen molar-refractivity contribution in [1.82, 2.24) is 0 Å². The van der Waals surface area contributed by atoms with Gasteiger partial charge in [0.2, 0.25) is 0 Å². The highest BCUT2D eigenvalue weighted by Crippen LogP contribution is 2.41. The van der Waals surface area contributed by atoms with Crippen LogP contribution >= 0.6 is 0 Å². The van der Waals surface area contributed by atoms with Gasteiger partial charge in [0.15, 0.2) is 0 Å². The number of hydrogen-bond donors (Lipinski definition) is 0. The highest BCUT2D eigenvalue weighted by atomic mass is 16.6. The van der Waals surface area contributed by atoms with Gasteiger partial charge in [-0.1, -0.05) is 0 Å². The van der Waals surface area contributed by atoms with E-state index in [1.807, 2.05) is 0 Å². The van der Waals surface area contributed by atoms with Crippen molar-refractivity contribution >= 4 is 0 Å². The molecule has 0 saturated carbocycles. The fourth-order valence-corrected chi connectivity index (χ4v) is 1.84. The predicted octanol–water partition coefficient (Wildman–Crippen LogP) is 2.56. The van der Waals surface area contributed by atoms with Crippen LogP contribution in [-0.4, -0.2) is 13.7 Å². The molecule has 2 nitrogen and oxygen atoms in total.